The predicted molar refractivity (Wildman–Crippen MR) is 61.0 cm³/mol. The average molecular weight is 197 g/mol. The summed E-state index contributed by atoms with van der Waals surface area (Å²) in [5.74, 6) is 1.61. The molecule has 0 aliphatic heterocycles. The maximum Gasteiger partial charge on any atom is 0.243 e. The van der Waals surface area contributed by atoms with Gasteiger partial charge < -0.3 is 5.32 Å². The van der Waals surface area contributed by atoms with Gasteiger partial charge in [0.05, 0.1) is 0 Å². The largest absolute Gasteiger partial charge is 0.350 e. The summed E-state index contributed by atoms with van der Waals surface area (Å²) in [6, 6.07) is 0.385. The van der Waals surface area contributed by atoms with Crippen molar-refractivity contribution in [2.24, 2.45) is 11.8 Å². The third-order valence-electron chi connectivity index (χ3n) is 3.25. The third kappa shape index (κ3) is 3.17. The van der Waals surface area contributed by atoms with Crippen molar-refractivity contribution >= 4 is 5.91 Å². The number of rotatable bonds is 3. The van der Waals surface area contributed by atoms with E-state index in [0.29, 0.717) is 6.04 Å². The van der Waals surface area contributed by atoms with E-state index in [2.05, 4.69) is 25.7 Å². The Morgan fingerprint density at radius 2 is 2.00 bits per heavy atom. The quantitative estimate of drug-likeness (QED) is 0.692. The average Bonchev–Trinajstić information content (AvgIpc) is 2.18. The molecule has 1 rings (SSSR count). The summed E-state index contributed by atoms with van der Waals surface area (Å²) in [6.45, 7) is 8.03. The van der Waals surface area contributed by atoms with E-state index in [9.17, 15) is 4.79 Å². The molecule has 0 heterocycles. The lowest BCUT2D eigenvalue weighted by Crippen LogP contribution is -2.37. The molecule has 1 fully saturated rings. The van der Waals surface area contributed by atoms with Crippen molar-refractivity contribution in [2.75, 3.05) is 0 Å². The number of amides is 1. The fourth-order valence-electron chi connectivity index (χ4n) is 2.19. The zero-order valence-electron chi connectivity index (χ0n) is 9.25. The molecule has 1 aliphatic rings. The van der Waals surface area contributed by atoms with Gasteiger partial charge in [0.2, 0.25) is 5.91 Å². The van der Waals surface area contributed by atoms with Gasteiger partial charge in [-0.15, -0.1) is 0 Å². The van der Waals surface area contributed by atoms with Gasteiger partial charge in [-0.3, -0.25) is 4.79 Å². The second kappa shape index (κ2) is 5.18. The predicted octanol–water partition coefficient (Wildman–Crippen LogP) is 2.75. The molecule has 1 saturated carbocycles. The minimum Gasteiger partial charge on any atom is -0.350 e. The Hall–Kier alpha value is -0.790. The highest BCUT2D eigenvalue weighted by Crippen LogP contribution is 2.29. The number of nitrogens with one attached hydrogen (secondary N) is 1. The smallest absolute Gasteiger partial charge is 0.243 e. The van der Waals surface area contributed by atoms with Gasteiger partial charge in [0.25, 0.3) is 0 Å². The van der Waals surface area contributed by atoms with E-state index in [-0.39, 0.29) is 7.33 Å². The molecule has 0 aromatic carbocycles. The normalized spacial score (nSPS) is 27.4. The minimum absolute atomic E-state index is 0. The van der Waals surface area contributed by atoms with Crippen LogP contribution >= 0.6 is 0 Å². The molecule has 1 amide bonds. The van der Waals surface area contributed by atoms with Crippen LogP contribution in [0.15, 0.2) is 12.7 Å². The Bertz CT molecular complexity index is 208. The van der Waals surface area contributed by atoms with Crippen molar-refractivity contribution in [3.8, 4) is 0 Å². The van der Waals surface area contributed by atoms with Gasteiger partial charge in [0.15, 0.2) is 0 Å². The second-order valence-corrected chi connectivity index (χ2v) is 4.57. The molecule has 1 aliphatic carbocycles. The number of hydrogen-bond acceptors (Lipinski definition) is 1. The van der Waals surface area contributed by atoms with Gasteiger partial charge in [0, 0.05) is 7.47 Å². The zero-order chi connectivity index (χ0) is 10.6. The second-order valence-electron chi connectivity index (χ2n) is 4.57. The Morgan fingerprint density at radius 1 is 1.43 bits per heavy atom. The van der Waals surface area contributed by atoms with Crippen LogP contribution in [-0.2, 0) is 4.79 Å². The van der Waals surface area contributed by atoms with Crippen LogP contribution in [0, 0.1) is 11.8 Å². The maximum atomic E-state index is 11.1. The summed E-state index contributed by atoms with van der Waals surface area (Å²) < 4.78 is 0. The Balaban J connectivity index is 0.00000196. The molecule has 0 radical (unpaired) electrons. The standard InChI is InChI=1S/C12H21NO.H2/c1-4-12(14)13-11-7-5-10(6-8-11)9(2)3;/h4,9-11H,1,5-8H2,2-3H3,(H,13,14);1H. The summed E-state index contributed by atoms with van der Waals surface area (Å²) in [4.78, 5) is 11.1. The van der Waals surface area contributed by atoms with Crippen LogP contribution in [0.25, 0.3) is 0 Å². The van der Waals surface area contributed by atoms with Gasteiger partial charge in [-0.25, -0.2) is 0 Å². The highest BCUT2D eigenvalue weighted by atomic mass is 16.1. The highest BCUT2D eigenvalue weighted by molar-refractivity contribution is 5.87. The number of carbonyl (C=O) groups is 1. The van der Waals surface area contributed by atoms with Crippen molar-refractivity contribution < 1.29 is 6.22 Å². The van der Waals surface area contributed by atoms with E-state index in [4.69, 9.17) is 0 Å². The molecule has 0 bridgehead atoms. The first-order chi connectivity index (χ1) is 6.63. The van der Waals surface area contributed by atoms with E-state index >= 15 is 0 Å². The molecule has 0 spiro atoms. The Morgan fingerprint density at radius 3 is 2.43 bits per heavy atom. The van der Waals surface area contributed by atoms with Crippen LogP contribution in [0.1, 0.15) is 41.0 Å². The Kier molecular flexibility index (Phi) is 4.18. The minimum atomic E-state index is -0.0296. The van der Waals surface area contributed by atoms with Crippen LogP contribution in [0.4, 0.5) is 0 Å². The molecule has 2 heteroatoms. The van der Waals surface area contributed by atoms with E-state index in [0.717, 1.165) is 24.7 Å². The van der Waals surface area contributed by atoms with Crippen molar-refractivity contribution in [3.63, 3.8) is 0 Å². The molecule has 0 atom stereocenters. The summed E-state index contributed by atoms with van der Waals surface area (Å²) in [5, 5.41) is 2.97. The van der Waals surface area contributed by atoms with E-state index in [1.807, 2.05) is 0 Å². The van der Waals surface area contributed by atoms with Gasteiger partial charge >= 0.3 is 0 Å². The molecule has 0 unspecified atom stereocenters. The lowest BCUT2D eigenvalue weighted by Gasteiger charge is -2.31. The fourth-order valence-corrected chi connectivity index (χ4v) is 2.19. The molecule has 0 saturated heterocycles. The van der Waals surface area contributed by atoms with Crippen molar-refractivity contribution in [3.05, 3.63) is 12.7 Å². The van der Waals surface area contributed by atoms with Crippen LogP contribution in [0.3, 0.4) is 0 Å². The molecular weight excluding hydrogens is 174 g/mol. The van der Waals surface area contributed by atoms with Crippen molar-refractivity contribution in [2.45, 2.75) is 45.6 Å². The highest BCUT2D eigenvalue weighted by Gasteiger charge is 2.23. The molecule has 14 heavy (non-hydrogen) atoms. The Labute approximate surface area is 88.3 Å². The van der Waals surface area contributed by atoms with E-state index in [1.165, 1.54) is 18.9 Å². The SMILES string of the molecule is C=CC(=O)NC1CCC(C(C)C)CC1.[HH]. The zero-order valence-corrected chi connectivity index (χ0v) is 9.25. The topological polar surface area (TPSA) is 29.1 Å². The number of carbonyl (C=O) groups excluding carboxylic acids is 1. The monoisotopic (exact) mass is 197 g/mol. The third-order valence-corrected chi connectivity index (χ3v) is 3.25. The first-order valence-electron chi connectivity index (χ1n) is 5.56. The van der Waals surface area contributed by atoms with Crippen LogP contribution in [-0.4, -0.2) is 11.9 Å². The number of hydrogen-bond donors (Lipinski definition) is 1. The van der Waals surface area contributed by atoms with Gasteiger partial charge in [-0.05, 0) is 43.6 Å². The van der Waals surface area contributed by atoms with Gasteiger partial charge in [-0.1, -0.05) is 20.4 Å². The molecule has 2 nitrogen and oxygen atoms in total. The molecule has 0 aromatic heterocycles. The molecule has 82 valence electrons. The lowest BCUT2D eigenvalue weighted by atomic mass is 9.80. The fraction of sp³-hybridized carbons (Fsp3) is 0.750. The summed E-state index contributed by atoms with van der Waals surface area (Å²) >= 11 is 0. The molecule has 0 aromatic rings. The molecular formula is C12H23NO. The summed E-state index contributed by atoms with van der Waals surface area (Å²) in [6.07, 6.45) is 6.11. The van der Waals surface area contributed by atoms with E-state index < -0.39 is 0 Å². The van der Waals surface area contributed by atoms with Crippen LogP contribution < -0.4 is 5.32 Å². The van der Waals surface area contributed by atoms with Crippen LogP contribution in [0.5, 0.6) is 0 Å². The maximum absolute atomic E-state index is 11.1. The summed E-state index contributed by atoms with van der Waals surface area (Å²) in [7, 11) is 0. The first-order valence-corrected chi connectivity index (χ1v) is 5.56. The lowest BCUT2D eigenvalue weighted by molar-refractivity contribution is -0.117. The van der Waals surface area contributed by atoms with E-state index in [1.54, 1.807) is 0 Å². The van der Waals surface area contributed by atoms with Crippen LogP contribution in [0.2, 0.25) is 0 Å². The summed E-state index contributed by atoms with van der Waals surface area (Å²) in [5.41, 5.74) is 0. The van der Waals surface area contributed by atoms with Gasteiger partial charge in [0.1, 0.15) is 0 Å². The molecule has 1 N–H and O–H groups in total. The van der Waals surface area contributed by atoms with Crippen molar-refractivity contribution in [1.29, 1.82) is 0 Å². The van der Waals surface area contributed by atoms with Gasteiger partial charge in [-0.2, -0.15) is 0 Å². The van der Waals surface area contributed by atoms with Crippen molar-refractivity contribution in [1.82, 2.24) is 5.32 Å². The first kappa shape index (κ1) is 11.3.